The molecular formula is C30H40N10O. The first-order chi connectivity index (χ1) is 19.9. The molecule has 1 saturated carbocycles. The van der Waals surface area contributed by atoms with E-state index in [1.165, 1.54) is 0 Å². The van der Waals surface area contributed by atoms with Gasteiger partial charge in [0.2, 0.25) is 0 Å². The summed E-state index contributed by atoms with van der Waals surface area (Å²) in [7, 11) is 0. The summed E-state index contributed by atoms with van der Waals surface area (Å²) in [6.07, 6.45) is 9.33. The Morgan fingerprint density at radius 3 is 2.61 bits per heavy atom. The first-order valence-corrected chi connectivity index (χ1v) is 15.0. The number of carbonyl (C=O) groups is 1. The number of aromatic amines is 1. The van der Waals surface area contributed by atoms with Crippen LogP contribution in [-0.2, 0) is 0 Å². The Hall–Kier alpha value is -3.70. The highest BCUT2D eigenvalue weighted by molar-refractivity contribution is 5.98. The molecule has 0 bridgehead atoms. The van der Waals surface area contributed by atoms with Gasteiger partial charge in [0.15, 0.2) is 11.8 Å². The van der Waals surface area contributed by atoms with Crippen LogP contribution in [0.1, 0.15) is 55.4 Å². The molecular weight excluding hydrogens is 516 g/mol. The van der Waals surface area contributed by atoms with E-state index in [9.17, 15) is 4.79 Å². The molecule has 2 aromatic heterocycles. The number of hydrogen-bond acceptors (Lipinski definition) is 7. The maximum Gasteiger partial charge on any atom is 0.270 e. The van der Waals surface area contributed by atoms with Gasteiger partial charge >= 0.3 is 0 Å². The van der Waals surface area contributed by atoms with Crippen LogP contribution >= 0.6 is 0 Å². The van der Waals surface area contributed by atoms with Crippen LogP contribution < -0.4 is 21.9 Å². The van der Waals surface area contributed by atoms with Gasteiger partial charge < -0.3 is 25.8 Å². The second-order valence-corrected chi connectivity index (χ2v) is 12.5. The highest BCUT2D eigenvalue weighted by Crippen LogP contribution is 2.41. The van der Waals surface area contributed by atoms with Gasteiger partial charge in [-0.25, -0.2) is 9.97 Å². The van der Waals surface area contributed by atoms with Gasteiger partial charge in [0.25, 0.3) is 5.91 Å². The van der Waals surface area contributed by atoms with E-state index in [0.29, 0.717) is 29.5 Å². The summed E-state index contributed by atoms with van der Waals surface area (Å²) in [5.41, 5.74) is 15.1. The van der Waals surface area contributed by atoms with Crippen molar-refractivity contribution < 1.29 is 4.79 Å². The first kappa shape index (κ1) is 26.2. The molecule has 11 nitrogen and oxygen atoms in total. The van der Waals surface area contributed by atoms with Crippen molar-refractivity contribution in [3.05, 3.63) is 42.2 Å². The summed E-state index contributed by atoms with van der Waals surface area (Å²) in [4.78, 5) is 30.1. The number of rotatable bonds is 4. The van der Waals surface area contributed by atoms with Gasteiger partial charge in [-0.05, 0) is 74.5 Å². The number of aromatic nitrogens is 3. The zero-order chi connectivity index (χ0) is 28.0. The zero-order valence-corrected chi connectivity index (χ0v) is 23.5. The number of H-pyrrole nitrogens is 1. The van der Waals surface area contributed by atoms with Gasteiger partial charge in [-0.15, -0.1) is 0 Å². The van der Waals surface area contributed by atoms with Crippen molar-refractivity contribution in [2.75, 3.05) is 38.0 Å². The van der Waals surface area contributed by atoms with Gasteiger partial charge in [0.1, 0.15) is 11.5 Å². The second-order valence-electron chi connectivity index (χ2n) is 12.5. The lowest BCUT2D eigenvalue weighted by atomic mass is 9.71. The lowest BCUT2D eigenvalue weighted by Crippen LogP contribution is -2.50. The molecule has 3 saturated heterocycles. The van der Waals surface area contributed by atoms with Gasteiger partial charge in [-0.2, -0.15) is 0 Å². The summed E-state index contributed by atoms with van der Waals surface area (Å²) >= 11 is 0. The van der Waals surface area contributed by atoms with Gasteiger partial charge in [0, 0.05) is 67.5 Å². The lowest BCUT2D eigenvalue weighted by Gasteiger charge is -2.46. The number of benzene rings is 1. The Labute approximate surface area is 240 Å². The topological polar surface area (TPSA) is 151 Å². The summed E-state index contributed by atoms with van der Waals surface area (Å²) in [6, 6.07) is 11.0. The predicted octanol–water partition coefficient (Wildman–Crippen LogP) is 2.89. The Kier molecular flexibility index (Phi) is 6.78. The van der Waals surface area contributed by atoms with Crippen LogP contribution in [0.25, 0.3) is 22.3 Å². The highest BCUT2D eigenvalue weighted by atomic mass is 16.2. The van der Waals surface area contributed by atoms with Crippen LogP contribution in [0.3, 0.4) is 0 Å². The highest BCUT2D eigenvalue weighted by Gasteiger charge is 2.39. The number of likely N-dealkylation sites (tertiary alicyclic amines) is 2. The summed E-state index contributed by atoms with van der Waals surface area (Å²) in [5, 5.41) is 12.3. The second kappa shape index (κ2) is 10.6. The molecule has 3 atom stereocenters. The van der Waals surface area contributed by atoms with Crippen molar-refractivity contribution in [1.29, 1.82) is 5.41 Å². The van der Waals surface area contributed by atoms with Crippen LogP contribution in [0, 0.1) is 16.7 Å². The van der Waals surface area contributed by atoms with Gasteiger partial charge in [0.05, 0.1) is 0 Å². The van der Waals surface area contributed by atoms with Crippen molar-refractivity contribution in [1.82, 2.24) is 35.6 Å². The van der Waals surface area contributed by atoms with Gasteiger partial charge in [-0.1, -0.05) is 12.1 Å². The van der Waals surface area contributed by atoms with Crippen molar-refractivity contribution in [2.45, 2.75) is 57.0 Å². The Balaban J connectivity index is 1.00. The summed E-state index contributed by atoms with van der Waals surface area (Å²) < 4.78 is 0. The molecule has 1 aromatic carbocycles. The molecule has 4 aliphatic rings. The normalized spacial score (nSPS) is 25.8. The van der Waals surface area contributed by atoms with E-state index in [1.54, 1.807) is 0 Å². The van der Waals surface area contributed by atoms with Crippen LogP contribution in [-0.4, -0.2) is 81.4 Å². The maximum absolute atomic E-state index is 13.4. The Bertz CT molecular complexity index is 1430. The van der Waals surface area contributed by atoms with Gasteiger partial charge in [-0.3, -0.25) is 21.1 Å². The fourth-order valence-electron chi connectivity index (χ4n) is 7.38. The number of nitrogens with one attached hydrogen (secondary N) is 5. The monoisotopic (exact) mass is 556 g/mol. The van der Waals surface area contributed by atoms with E-state index in [0.717, 1.165) is 100.0 Å². The molecule has 5 heterocycles. The predicted molar refractivity (Wildman–Crippen MR) is 159 cm³/mol. The zero-order valence-electron chi connectivity index (χ0n) is 23.5. The summed E-state index contributed by atoms with van der Waals surface area (Å²) in [6.45, 7) is 4.24. The minimum atomic E-state index is 0.0589. The molecule has 41 heavy (non-hydrogen) atoms. The smallest absolute Gasteiger partial charge is 0.270 e. The Morgan fingerprint density at radius 2 is 1.83 bits per heavy atom. The van der Waals surface area contributed by atoms with Crippen LogP contribution in [0.15, 0.2) is 36.5 Å². The minimum Gasteiger partial charge on any atom is -0.370 e. The van der Waals surface area contributed by atoms with Crippen LogP contribution in [0.5, 0.6) is 0 Å². The standard InChI is InChI=1S/C30H40N10O/c31-29(32)40-13-8-30(9-14-40)6-11-39(12-7-30)28(41)25-16-19-1-2-20(17-24(19)36-25)27-33-10-5-26(37-27)35-22-3-4-23-21(15-22)18-34-38-23/h1-2,5,10,16-17,21-23,34,36,38H,3-4,6-9,11-15,18H2,(H3,31,32)(H,33,35,37). The van der Waals surface area contributed by atoms with Crippen molar-refractivity contribution >= 4 is 28.6 Å². The largest absolute Gasteiger partial charge is 0.370 e. The average molecular weight is 557 g/mol. The first-order valence-electron chi connectivity index (χ1n) is 15.0. The van der Waals surface area contributed by atoms with Crippen LogP contribution in [0.2, 0.25) is 0 Å². The number of piperidine rings is 2. The molecule has 3 aliphatic heterocycles. The molecule has 7 N–H and O–H groups in total. The molecule has 1 amide bonds. The molecule has 4 fully saturated rings. The molecule has 3 unspecified atom stereocenters. The van der Waals surface area contributed by atoms with E-state index < -0.39 is 0 Å². The quantitative estimate of drug-likeness (QED) is 0.212. The molecule has 3 aromatic rings. The van der Waals surface area contributed by atoms with Crippen molar-refractivity contribution in [2.24, 2.45) is 17.1 Å². The fraction of sp³-hybridized carbons (Fsp3) is 0.533. The average Bonchev–Trinajstić information content (AvgIpc) is 3.64. The molecule has 1 aliphatic carbocycles. The number of carbonyl (C=O) groups excluding carboxylic acids is 1. The maximum atomic E-state index is 13.4. The fourth-order valence-corrected chi connectivity index (χ4v) is 7.38. The number of fused-ring (bicyclic) bond motifs is 2. The molecule has 7 rings (SSSR count). The number of anilines is 1. The number of amides is 1. The SMILES string of the molecule is N=C(N)N1CCC2(CC1)CCN(C(=O)c1cc3ccc(-c4nccc(NC5CCC6NNCC6C5)n4)cc3[nH]1)CC2. The van der Waals surface area contributed by atoms with Crippen molar-refractivity contribution in [3.63, 3.8) is 0 Å². The van der Waals surface area contributed by atoms with Crippen molar-refractivity contribution in [3.8, 4) is 11.4 Å². The third kappa shape index (κ3) is 5.24. The van der Waals surface area contributed by atoms with Crippen LogP contribution in [0.4, 0.5) is 5.82 Å². The minimum absolute atomic E-state index is 0.0589. The van der Waals surface area contributed by atoms with E-state index in [2.05, 4.69) is 26.1 Å². The number of hydrogen-bond donors (Lipinski definition) is 6. The van der Waals surface area contributed by atoms with E-state index >= 15 is 0 Å². The molecule has 11 heteroatoms. The third-order valence-electron chi connectivity index (χ3n) is 10.0. The molecule has 216 valence electrons. The number of nitrogens with zero attached hydrogens (tertiary/aromatic N) is 4. The number of guanidine groups is 1. The number of nitrogens with two attached hydrogens (primary N) is 1. The summed E-state index contributed by atoms with van der Waals surface area (Å²) in [5.74, 6) is 2.42. The molecule has 0 radical (unpaired) electrons. The van der Waals surface area contributed by atoms with E-state index in [1.807, 2.05) is 46.3 Å². The van der Waals surface area contributed by atoms with E-state index in [-0.39, 0.29) is 17.3 Å². The third-order valence-corrected chi connectivity index (χ3v) is 10.0. The van der Waals surface area contributed by atoms with E-state index in [4.69, 9.17) is 16.1 Å². The lowest BCUT2D eigenvalue weighted by molar-refractivity contribution is 0.0404. The number of hydrazine groups is 1. The Morgan fingerprint density at radius 1 is 1.05 bits per heavy atom. The molecule has 1 spiro atoms.